The van der Waals surface area contributed by atoms with Crippen molar-refractivity contribution in [1.29, 1.82) is 0 Å². The molecule has 3 aromatic rings. The van der Waals surface area contributed by atoms with E-state index in [0.29, 0.717) is 10.2 Å². The quantitative estimate of drug-likeness (QED) is 0.545. The highest BCUT2D eigenvalue weighted by molar-refractivity contribution is 9.10. The molecule has 0 unspecified atom stereocenters. The molecule has 0 radical (unpaired) electrons. The average molecular weight is 480 g/mol. The molecule has 0 atom stereocenters. The molecule has 0 aliphatic heterocycles. The Morgan fingerprint density at radius 3 is 2.21 bits per heavy atom. The molecule has 0 saturated carbocycles. The minimum Gasteiger partial charge on any atom is -0.323 e. The van der Waals surface area contributed by atoms with Gasteiger partial charge in [0.1, 0.15) is 6.54 Å². The Morgan fingerprint density at radius 2 is 1.54 bits per heavy atom. The Hall–Kier alpha value is -2.35. The minimum atomic E-state index is -4.00. The lowest BCUT2D eigenvalue weighted by molar-refractivity contribution is -0.114. The zero-order chi connectivity index (χ0) is 20.1. The standard InChI is InChI=1S/C20H16BrClN2O3S/c21-16-10-4-6-12-18(16)23-20(25)14-24(19-13-7-5-11-17(19)22)28(26,27)15-8-2-1-3-9-15/h1-13H,14H2,(H,23,25). The zero-order valence-electron chi connectivity index (χ0n) is 14.5. The van der Waals surface area contributed by atoms with E-state index in [2.05, 4.69) is 21.2 Å². The van der Waals surface area contributed by atoms with E-state index in [1.807, 2.05) is 6.07 Å². The summed E-state index contributed by atoms with van der Waals surface area (Å²) in [5, 5.41) is 2.95. The number of hydrogen-bond donors (Lipinski definition) is 1. The van der Waals surface area contributed by atoms with Crippen LogP contribution in [0.5, 0.6) is 0 Å². The van der Waals surface area contributed by atoms with Gasteiger partial charge in [0, 0.05) is 4.47 Å². The highest BCUT2D eigenvalue weighted by atomic mass is 79.9. The molecule has 28 heavy (non-hydrogen) atoms. The normalized spacial score (nSPS) is 11.1. The number of amides is 1. The van der Waals surface area contributed by atoms with E-state index >= 15 is 0 Å². The number of nitrogens with one attached hydrogen (secondary N) is 1. The number of hydrogen-bond acceptors (Lipinski definition) is 3. The lowest BCUT2D eigenvalue weighted by Crippen LogP contribution is -2.38. The summed E-state index contributed by atoms with van der Waals surface area (Å²) in [6, 6.07) is 21.5. The first-order chi connectivity index (χ1) is 13.4. The Labute approximate surface area is 177 Å². The van der Waals surface area contributed by atoms with Crippen molar-refractivity contribution >= 4 is 54.8 Å². The van der Waals surface area contributed by atoms with Crippen molar-refractivity contribution in [2.75, 3.05) is 16.2 Å². The van der Waals surface area contributed by atoms with Gasteiger partial charge in [-0.15, -0.1) is 0 Å². The molecule has 0 aromatic heterocycles. The number of carbonyl (C=O) groups excluding carboxylic acids is 1. The summed E-state index contributed by atoms with van der Waals surface area (Å²) in [6.45, 7) is -0.428. The molecule has 1 amide bonds. The molecule has 0 aliphatic carbocycles. The summed E-state index contributed by atoms with van der Waals surface area (Å²) in [5.74, 6) is -0.494. The van der Waals surface area contributed by atoms with Crippen LogP contribution in [-0.2, 0) is 14.8 Å². The number of benzene rings is 3. The number of para-hydroxylation sites is 2. The number of rotatable bonds is 6. The van der Waals surface area contributed by atoms with Crippen LogP contribution in [-0.4, -0.2) is 20.9 Å². The first-order valence-corrected chi connectivity index (χ1v) is 10.9. The van der Waals surface area contributed by atoms with Gasteiger partial charge in [-0.05, 0) is 52.3 Å². The minimum absolute atomic E-state index is 0.0728. The Bertz CT molecular complexity index is 1090. The molecule has 3 rings (SSSR count). The SMILES string of the molecule is O=C(CN(c1ccccc1Cl)S(=O)(=O)c1ccccc1)Nc1ccccc1Br. The van der Waals surface area contributed by atoms with Gasteiger partial charge in [0.25, 0.3) is 10.0 Å². The number of carbonyl (C=O) groups is 1. The maximum atomic E-state index is 13.2. The van der Waals surface area contributed by atoms with Gasteiger partial charge in [-0.25, -0.2) is 8.42 Å². The van der Waals surface area contributed by atoms with Crippen LogP contribution in [0, 0.1) is 0 Å². The van der Waals surface area contributed by atoms with Crippen molar-refractivity contribution in [1.82, 2.24) is 0 Å². The average Bonchev–Trinajstić information content (AvgIpc) is 2.69. The van der Waals surface area contributed by atoms with Crippen LogP contribution in [0.2, 0.25) is 5.02 Å². The molecular weight excluding hydrogens is 464 g/mol. The van der Waals surface area contributed by atoms with Crippen LogP contribution in [0.15, 0.2) is 88.2 Å². The molecule has 0 heterocycles. The fourth-order valence-corrected chi connectivity index (χ4v) is 4.69. The number of anilines is 2. The van der Waals surface area contributed by atoms with Gasteiger partial charge < -0.3 is 5.32 Å². The van der Waals surface area contributed by atoms with Crippen molar-refractivity contribution in [3.8, 4) is 0 Å². The first kappa shape index (κ1) is 20.4. The Morgan fingerprint density at radius 1 is 0.929 bits per heavy atom. The van der Waals surface area contributed by atoms with Gasteiger partial charge in [0.15, 0.2) is 0 Å². The lowest BCUT2D eigenvalue weighted by atomic mass is 10.3. The molecule has 0 aliphatic rings. The second-order valence-electron chi connectivity index (χ2n) is 5.80. The van der Waals surface area contributed by atoms with E-state index in [1.54, 1.807) is 60.7 Å². The van der Waals surface area contributed by atoms with Crippen molar-refractivity contribution < 1.29 is 13.2 Å². The lowest BCUT2D eigenvalue weighted by Gasteiger charge is -2.25. The van der Waals surface area contributed by atoms with Gasteiger partial charge in [-0.1, -0.05) is 54.1 Å². The van der Waals surface area contributed by atoms with Crippen LogP contribution >= 0.6 is 27.5 Å². The molecule has 1 N–H and O–H groups in total. The van der Waals surface area contributed by atoms with Crippen LogP contribution in [0.3, 0.4) is 0 Å². The molecule has 0 bridgehead atoms. The molecule has 3 aromatic carbocycles. The number of halogens is 2. The summed E-state index contributed by atoms with van der Waals surface area (Å²) in [6.07, 6.45) is 0. The predicted octanol–water partition coefficient (Wildman–Crippen LogP) is 4.94. The molecule has 0 spiro atoms. The van der Waals surface area contributed by atoms with Gasteiger partial charge >= 0.3 is 0 Å². The van der Waals surface area contributed by atoms with Crippen molar-refractivity contribution in [2.45, 2.75) is 4.90 Å². The van der Waals surface area contributed by atoms with Crippen LogP contribution in [0.4, 0.5) is 11.4 Å². The van der Waals surface area contributed by atoms with Gasteiger partial charge in [0.2, 0.25) is 5.91 Å². The van der Waals surface area contributed by atoms with E-state index < -0.39 is 22.5 Å². The zero-order valence-corrected chi connectivity index (χ0v) is 17.7. The maximum Gasteiger partial charge on any atom is 0.264 e. The molecule has 0 saturated heterocycles. The van der Waals surface area contributed by atoms with Gasteiger partial charge in [-0.3, -0.25) is 9.10 Å². The fourth-order valence-electron chi connectivity index (χ4n) is 2.56. The van der Waals surface area contributed by atoms with Gasteiger partial charge in [-0.2, -0.15) is 0 Å². The Kier molecular flexibility index (Phi) is 6.39. The van der Waals surface area contributed by atoms with E-state index in [9.17, 15) is 13.2 Å². The van der Waals surface area contributed by atoms with Crippen LogP contribution in [0.1, 0.15) is 0 Å². The van der Waals surface area contributed by atoms with E-state index in [0.717, 1.165) is 4.31 Å². The van der Waals surface area contributed by atoms with E-state index in [-0.39, 0.29) is 15.6 Å². The van der Waals surface area contributed by atoms with Gasteiger partial charge in [0.05, 0.1) is 21.3 Å². The second kappa shape index (κ2) is 8.77. The summed E-state index contributed by atoms with van der Waals surface area (Å²) in [7, 11) is -4.00. The summed E-state index contributed by atoms with van der Waals surface area (Å²) >= 11 is 9.59. The third-order valence-corrected chi connectivity index (χ3v) is 6.67. The molecule has 0 fully saturated rings. The number of nitrogens with zero attached hydrogens (tertiary/aromatic N) is 1. The second-order valence-corrected chi connectivity index (χ2v) is 8.93. The number of sulfonamides is 1. The molecule has 8 heteroatoms. The third kappa shape index (κ3) is 4.55. The van der Waals surface area contributed by atoms with E-state index in [4.69, 9.17) is 11.6 Å². The molecular formula is C20H16BrClN2O3S. The highest BCUT2D eigenvalue weighted by Gasteiger charge is 2.28. The van der Waals surface area contributed by atoms with Crippen molar-refractivity contribution in [3.05, 3.63) is 88.4 Å². The first-order valence-electron chi connectivity index (χ1n) is 8.26. The topological polar surface area (TPSA) is 66.5 Å². The Balaban J connectivity index is 1.97. The largest absolute Gasteiger partial charge is 0.323 e. The predicted molar refractivity (Wildman–Crippen MR) is 115 cm³/mol. The maximum absolute atomic E-state index is 13.2. The smallest absolute Gasteiger partial charge is 0.264 e. The third-order valence-electron chi connectivity index (χ3n) is 3.89. The summed E-state index contributed by atoms with van der Waals surface area (Å²) in [4.78, 5) is 12.7. The summed E-state index contributed by atoms with van der Waals surface area (Å²) in [5.41, 5.74) is 0.777. The summed E-state index contributed by atoms with van der Waals surface area (Å²) < 4.78 is 28.1. The molecule has 5 nitrogen and oxygen atoms in total. The van der Waals surface area contributed by atoms with Crippen molar-refractivity contribution in [2.24, 2.45) is 0 Å². The van der Waals surface area contributed by atoms with E-state index in [1.165, 1.54) is 12.1 Å². The van der Waals surface area contributed by atoms with Crippen LogP contribution in [0.25, 0.3) is 0 Å². The monoisotopic (exact) mass is 478 g/mol. The van der Waals surface area contributed by atoms with Crippen molar-refractivity contribution in [3.63, 3.8) is 0 Å². The highest BCUT2D eigenvalue weighted by Crippen LogP contribution is 2.30. The molecule has 144 valence electrons. The van der Waals surface area contributed by atoms with Crippen LogP contribution < -0.4 is 9.62 Å². The fraction of sp³-hybridized carbons (Fsp3) is 0.0500.